The van der Waals surface area contributed by atoms with Crippen molar-refractivity contribution in [2.45, 2.75) is 19.3 Å². The molecule has 2 nitrogen and oxygen atoms in total. The number of allylic oxidation sites excluding steroid dienone is 1. The van der Waals surface area contributed by atoms with Crippen LogP contribution in [0.3, 0.4) is 0 Å². The number of hydrogen-bond donors (Lipinski definition) is 3. The van der Waals surface area contributed by atoms with Crippen LogP contribution >= 0.6 is 24.8 Å². The highest BCUT2D eigenvalue weighted by atomic mass is 32.1. The lowest BCUT2D eigenvalue weighted by molar-refractivity contribution is 0.897. The Bertz CT molecular complexity index is 175. The molecule has 0 aromatic heterocycles. The van der Waals surface area contributed by atoms with E-state index < -0.39 is 0 Å². The maximum atomic E-state index is 5.62. The van der Waals surface area contributed by atoms with Crippen LogP contribution in [0.25, 0.3) is 0 Å². The molecule has 5 N–H and O–H groups in total. The lowest BCUT2D eigenvalue weighted by Gasteiger charge is -1.96. The summed E-state index contributed by atoms with van der Waals surface area (Å²) in [5.74, 6) is 0. The van der Waals surface area contributed by atoms with Crippen LogP contribution in [-0.4, -0.2) is 4.20 Å². The van der Waals surface area contributed by atoms with Crippen molar-refractivity contribution in [1.82, 2.24) is 6.15 Å². The SMILES string of the molecule is N.NC1=C(C(=S)S)CCC1. The fourth-order valence-corrected chi connectivity index (χ4v) is 1.50. The number of hydrogen-bond acceptors (Lipinski definition) is 3. The van der Waals surface area contributed by atoms with Crippen LogP contribution in [0, 0.1) is 0 Å². The smallest absolute Gasteiger partial charge is 0.0724 e. The molecule has 0 bridgehead atoms. The molecule has 0 heterocycles. The van der Waals surface area contributed by atoms with Crippen molar-refractivity contribution in [1.29, 1.82) is 0 Å². The van der Waals surface area contributed by atoms with Gasteiger partial charge in [-0.25, -0.2) is 0 Å². The standard InChI is InChI=1S/C6H9NS2.H3N/c7-5-3-1-2-4(5)6(8)9;/h1-3,7H2,(H,8,9);1H3. The zero-order chi connectivity index (χ0) is 6.85. The molecule has 0 radical (unpaired) electrons. The summed E-state index contributed by atoms with van der Waals surface area (Å²) in [5.41, 5.74) is 7.65. The van der Waals surface area contributed by atoms with Gasteiger partial charge in [-0.05, 0) is 24.8 Å². The highest BCUT2D eigenvalue weighted by Gasteiger charge is 2.12. The minimum Gasteiger partial charge on any atom is -0.402 e. The van der Waals surface area contributed by atoms with Gasteiger partial charge in [0.1, 0.15) is 0 Å². The summed E-state index contributed by atoms with van der Waals surface area (Å²) in [4.78, 5) is 0. The first-order valence-corrected chi connectivity index (χ1v) is 3.78. The summed E-state index contributed by atoms with van der Waals surface area (Å²) in [5, 5.41) is 0. The zero-order valence-electron chi connectivity index (χ0n) is 5.76. The highest BCUT2D eigenvalue weighted by Crippen LogP contribution is 2.24. The van der Waals surface area contributed by atoms with Crippen LogP contribution in [0.2, 0.25) is 0 Å². The number of thiocarbonyl (C=S) groups is 1. The third-order valence-electron chi connectivity index (χ3n) is 1.52. The monoisotopic (exact) mass is 176 g/mol. The molecule has 0 aromatic carbocycles. The summed E-state index contributed by atoms with van der Waals surface area (Å²) >= 11 is 8.90. The largest absolute Gasteiger partial charge is 0.402 e. The Morgan fingerprint density at radius 3 is 2.30 bits per heavy atom. The molecule has 58 valence electrons. The van der Waals surface area contributed by atoms with Gasteiger partial charge in [0.25, 0.3) is 0 Å². The van der Waals surface area contributed by atoms with E-state index in [4.69, 9.17) is 18.0 Å². The minimum absolute atomic E-state index is 0. The Morgan fingerprint density at radius 2 is 2.10 bits per heavy atom. The first kappa shape index (κ1) is 9.94. The van der Waals surface area contributed by atoms with E-state index in [9.17, 15) is 0 Å². The Balaban J connectivity index is 0.000000810. The number of nitrogens with two attached hydrogens (primary N) is 1. The first-order chi connectivity index (χ1) is 4.22. The minimum atomic E-state index is 0. The zero-order valence-corrected chi connectivity index (χ0v) is 7.47. The van der Waals surface area contributed by atoms with Crippen LogP contribution in [0.1, 0.15) is 19.3 Å². The quantitative estimate of drug-likeness (QED) is 0.422. The second-order valence-electron chi connectivity index (χ2n) is 2.16. The van der Waals surface area contributed by atoms with Gasteiger partial charge in [0, 0.05) is 5.70 Å². The predicted molar refractivity (Wildman–Crippen MR) is 51.7 cm³/mol. The van der Waals surface area contributed by atoms with E-state index >= 15 is 0 Å². The lowest BCUT2D eigenvalue weighted by Crippen LogP contribution is -1.98. The summed E-state index contributed by atoms with van der Waals surface area (Å²) in [6.07, 6.45) is 3.16. The molecule has 0 saturated heterocycles. The summed E-state index contributed by atoms with van der Waals surface area (Å²) in [7, 11) is 0. The lowest BCUT2D eigenvalue weighted by atomic mass is 10.2. The van der Waals surface area contributed by atoms with E-state index in [1.54, 1.807) is 0 Å². The van der Waals surface area contributed by atoms with Crippen molar-refractivity contribution in [2.75, 3.05) is 0 Å². The number of rotatable bonds is 1. The van der Waals surface area contributed by atoms with E-state index in [0.717, 1.165) is 30.5 Å². The van der Waals surface area contributed by atoms with E-state index in [2.05, 4.69) is 12.6 Å². The van der Waals surface area contributed by atoms with Gasteiger partial charge in [0.15, 0.2) is 0 Å². The van der Waals surface area contributed by atoms with Crippen LogP contribution in [0.5, 0.6) is 0 Å². The molecule has 1 aliphatic rings. The van der Waals surface area contributed by atoms with Crippen molar-refractivity contribution in [3.05, 3.63) is 11.3 Å². The van der Waals surface area contributed by atoms with Crippen LogP contribution < -0.4 is 11.9 Å². The molecule has 1 aliphatic carbocycles. The third-order valence-corrected chi connectivity index (χ3v) is 2.03. The molecule has 0 aromatic rings. The first-order valence-electron chi connectivity index (χ1n) is 2.92. The molecule has 4 heteroatoms. The maximum absolute atomic E-state index is 5.62. The van der Waals surface area contributed by atoms with Gasteiger partial charge in [-0.3, -0.25) is 0 Å². The van der Waals surface area contributed by atoms with E-state index in [0.29, 0.717) is 4.20 Å². The molecule has 0 fully saturated rings. The normalized spacial score (nSPS) is 16.9. The maximum Gasteiger partial charge on any atom is 0.0724 e. The van der Waals surface area contributed by atoms with Crippen molar-refractivity contribution >= 4 is 29.0 Å². The van der Waals surface area contributed by atoms with Crippen molar-refractivity contribution < 1.29 is 0 Å². The second kappa shape index (κ2) is 3.95. The van der Waals surface area contributed by atoms with Gasteiger partial charge in [0.05, 0.1) is 4.20 Å². The summed E-state index contributed by atoms with van der Waals surface area (Å²) in [6, 6.07) is 0. The van der Waals surface area contributed by atoms with Gasteiger partial charge in [-0.15, -0.1) is 12.6 Å². The Hall–Kier alpha value is -0.0600. The van der Waals surface area contributed by atoms with Gasteiger partial charge in [-0.2, -0.15) is 0 Å². The summed E-state index contributed by atoms with van der Waals surface area (Å²) in [6.45, 7) is 0. The van der Waals surface area contributed by atoms with Crippen molar-refractivity contribution in [3.63, 3.8) is 0 Å². The molecule has 0 spiro atoms. The van der Waals surface area contributed by atoms with E-state index in [1.807, 2.05) is 0 Å². The van der Waals surface area contributed by atoms with Gasteiger partial charge in [-0.1, -0.05) is 12.2 Å². The molecular weight excluding hydrogens is 164 g/mol. The topological polar surface area (TPSA) is 61.0 Å². The third kappa shape index (κ3) is 1.97. The molecule has 0 saturated carbocycles. The fourth-order valence-electron chi connectivity index (χ4n) is 1.01. The van der Waals surface area contributed by atoms with Gasteiger partial charge in [0.2, 0.25) is 0 Å². The number of thiol groups is 1. The van der Waals surface area contributed by atoms with Crippen molar-refractivity contribution in [3.8, 4) is 0 Å². The predicted octanol–water partition coefficient (Wildman–Crippen LogP) is 1.80. The summed E-state index contributed by atoms with van der Waals surface area (Å²) < 4.78 is 0.671. The molecule has 0 aliphatic heterocycles. The van der Waals surface area contributed by atoms with Crippen LogP contribution in [0.4, 0.5) is 0 Å². The molecule has 1 rings (SSSR count). The van der Waals surface area contributed by atoms with Crippen molar-refractivity contribution in [2.24, 2.45) is 5.73 Å². The molecule has 0 atom stereocenters. The van der Waals surface area contributed by atoms with Gasteiger partial charge >= 0.3 is 0 Å². The average Bonchev–Trinajstić information content (AvgIpc) is 2.13. The molecule has 10 heavy (non-hydrogen) atoms. The molecule has 0 amide bonds. The Kier molecular flexibility index (Phi) is 3.93. The Morgan fingerprint density at radius 1 is 1.50 bits per heavy atom. The van der Waals surface area contributed by atoms with Gasteiger partial charge < -0.3 is 11.9 Å². The molecule has 0 unspecified atom stereocenters. The van der Waals surface area contributed by atoms with E-state index in [-0.39, 0.29) is 6.15 Å². The van der Waals surface area contributed by atoms with Crippen LogP contribution in [0.15, 0.2) is 11.3 Å². The molecular formula is C6H12N2S2. The second-order valence-corrected chi connectivity index (χ2v) is 3.32. The highest BCUT2D eigenvalue weighted by molar-refractivity contribution is 8.11. The average molecular weight is 176 g/mol. The fraction of sp³-hybridized carbons (Fsp3) is 0.500. The van der Waals surface area contributed by atoms with Crippen LogP contribution in [-0.2, 0) is 0 Å². The van der Waals surface area contributed by atoms with E-state index in [1.165, 1.54) is 0 Å². The Labute approximate surface area is 71.9 Å².